The molecular formula is C16H20F3N5O. The monoisotopic (exact) mass is 355 g/mol. The molecule has 1 amide bonds. The van der Waals surface area contributed by atoms with Crippen LogP contribution in [0.4, 0.5) is 19.1 Å². The number of rotatable bonds is 2. The van der Waals surface area contributed by atoms with Crippen LogP contribution in [0.15, 0.2) is 12.4 Å². The maximum atomic E-state index is 12.6. The minimum Gasteiger partial charge on any atom is -0.339 e. The average Bonchev–Trinajstić information content (AvgIpc) is 2.51. The van der Waals surface area contributed by atoms with E-state index >= 15 is 0 Å². The molecule has 0 radical (unpaired) electrons. The van der Waals surface area contributed by atoms with E-state index in [1.54, 1.807) is 0 Å². The van der Waals surface area contributed by atoms with E-state index in [1.165, 1.54) is 0 Å². The van der Waals surface area contributed by atoms with Crippen LogP contribution >= 0.6 is 0 Å². The Morgan fingerprint density at radius 2 is 1.72 bits per heavy atom. The normalized spacial score (nSPS) is 23.3. The van der Waals surface area contributed by atoms with Gasteiger partial charge in [-0.2, -0.15) is 13.2 Å². The maximum absolute atomic E-state index is 12.6. The van der Waals surface area contributed by atoms with Crippen molar-refractivity contribution >= 4 is 11.9 Å². The molecule has 2 aliphatic heterocycles. The lowest BCUT2D eigenvalue weighted by Crippen LogP contribution is -2.63. The molecule has 1 N–H and O–H groups in total. The number of carbonyl (C=O) groups is 1. The molecule has 1 aromatic rings. The van der Waals surface area contributed by atoms with Crippen molar-refractivity contribution in [2.45, 2.75) is 19.0 Å². The number of anilines is 1. The quantitative estimate of drug-likeness (QED) is 0.862. The van der Waals surface area contributed by atoms with E-state index < -0.39 is 11.7 Å². The Balaban J connectivity index is 1.30. The zero-order valence-corrected chi connectivity index (χ0v) is 13.7. The second kappa shape index (κ2) is 5.82. The molecule has 0 unspecified atom stereocenters. The van der Waals surface area contributed by atoms with E-state index in [0.29, 0.717) is 31.6 Å². The number of hydrogen-bond donors (Lipinski definition) is 1. The van der Waals surface area contributed by atoms with Gasteiger partial charge in [0.05, 0.1) is 5.56 Å². The number of halogens is 3. The lowest BCUT2D eigenvalue weighted by atomic mass is 9.58. The molecule has 0 atom stereocenters. The number of nitrogens with zero attached hydrogens (tertiary/aromatic N) is 4. The van der Waals surface area contributed by atoms with Gasteiger partial charge in [0.15, 0.2) is 0 Å². The van der Waals surface area contributed by atoms with Crippen LogP contribution in [0.2, 0.25) is 0 Å². The van der Waals surface area contributed by atoms with Gasteiger partial charge in [-0.3, -0.25) is 4.79 Å². The summed E-state index contributed by atoms with van der Waals surface area (Å²) in [5.41, 5.74) is -0.481. The van der Waals surface area contributed by atoms with Crippen LogP contribution in [0.3, 0.4) is 0 Å². The summed E-state index contributed by atoms with van der Waals surface area (Å²) >= 11 is 0. The van der Waals surface area contributed by atoms with E-state index in [9.17, 15) is 18.0 Å². The summed E-state index contributed by atoms with van der Waals surface area (Å²) in [4.78, 5) is 23.9. The molecule has 136 valence electrons. The Labute approximate surface area is 143 Å². The van der Waals surface area contributed by atoms with Crippen molar-refractivity contribution in [1.29, 1.82) is 0 Å². The smallest absolute Gasteiger partial charge is 0.339 e. The summed E-state index contributed by atoms with van der Waals surface area (Å²) in [6.45, 7) is 4.24. The predicted molar refractivity (Wildman–Crippen MR) is 83.9 cm³/mol. The van der Waals surface area contributed by atoms with Gasteiger partial charge in [0.25, 0.3) is 0 Å². The van der Waals surface area contributed by atoms with Crippen molar-refractivity contribution in [2.75, 3.05) is 44.2 Å². The second-order valence-corrected chi connectivity index (χ2v) is 7.29. The summed E-state index contributed by atoms with van der Waals surface area (Å²) in [5.74, 6) is 0.629. The lowest BCUT2D eigenvalue weighted by molar-refractivity contribution is -0.146. The van der Waals surface area contributed by atoms with Crippen LogP contribution in [0.25, 0.3) is 0 Å². The first kappa shape index (κ1) is 16.6. The topological polar surface area (TPSA) is 61.4 Å². The van der Waals surface area contributed by atoms with Gasteiger partial charge in [0.1, 0.15) is 0 Å². The van der Waals surface area contributed by atoms with E-state index in [4.69, 9.17) is 0 Å². The van der Waals surface area contributed by atoms with Crippen molar-refractivity contribution in [1.82, 2.24) is 20.2 Å². The Morgan fingerprint density at radius 1 is 1.12 bits per heavy atom. The fraction of sp³-hybridized carbons (Fsp3) is 0.688. The molecule has 25 heavy (non-hydrogen) atoms. The second-order valence-electron chi connectivity index (χ2n) is 7.29. The van der Waals surface area contributed by atoms with Gasteiger partial charge in [-0.1, -0.05) is 0 Å². The Morgan fingerprint density at radius 3 is 2.20 bits per heavy atom. The molecule has 0 bridgehead atoms. The van der Waals surface area contributed by atoms with Crippen LogP contribution in [0, 0.1) is 11.3 Å². The van der Waals surface area contributed by atoms with Crippen LogP contribution in [-0.2, 0) is 11.0 Å². The minimum atomic E-state index is -4.43. The van der Waals surface area contributed by atoms with Gasteiger partial charge in [0.2, 0.25) is 11.9 Å². The zero-order chi connectivity index (χ0) is 17.7. The van der Waals surface area contributed by atoms with E-state index in [1.807, 2.05) is 9.80 Å². The third kappa shape index (κ3) is 3.05. The Bertz CT molecular complexity index is 643. The van der Waals surface area contributed by atoms with E-state index in [2.05, 4.69) is 15.3 Å². The third-order valence-electron chi connectivity index (χ3n) is 5.55. The Hall–Kier alpha value is -1.90. The molecule has 9 heteroatoms. The van der Waals surface area contributed by atoms with Crippen LogP contribution in [-0.4, -0.2) is 60.0 Å². The number of alkyl halides is 3. The third-order valence-corrected chi connectivity index (χ3v) is 5.55. The van der Waals surface area contributed by atoms with Gasteiger partial charge in [-0.25, -0.2) is 9.97 Å². The Kier molecular flexibility index (Phi) is 3.86. The zero-order valence-electron chi connectivity index (χ0n) is 13.7. The number of aromatic nitrogens is 2. The van der Waals surface area contributed by atoms with Gasteiger partial charge in [-0.15, -0.1) is 0 Å². The molecule has 3 aliphatic rings. The molecule has 3 heterocycles. The van der Waals surface area contributed by atoms with Crippen molar-refractivity contribution in [2.24, 2.45) is 11.3 Å². The molecule has 0 aromatic carbocycles. The van der Waals surface area contributed by atoms with Crippen molar-refractivity contribution < 1.29 is 18.0 Å². The summed E-state index contributed by atoms with van der Waals surface area (Å²) in [6.07, 6.45) is -0.873. The number of nitrogens with one attached hydrogen (secondary N) is 1. The molecule has 1 spiro atoms. The number of carbonyl (C=O) groups excluding carboxylic acids is 1. The molecule has 6 nitrogen and oxygen atoms in total. The first-order valence-corrected chi connectivity index (χ1v) is 8.50. The highest BCUT2D eigenvalue weighted by Crippen LogP contribution is 2.49. The van der Waals surface area contributed by atoms with Gasteiger partial charge >= 0.3 is 6.18 Å². The number of amides is 1. The first-order valence-electron chi connectivity index (χ1n) is 8.50. The van der Waals surface area contributed by atoms with Crippen molar-refractivity contribution in [3.8, 4) is 0 Å². The summed E-state index contributed by atoms with van der Waals surface area (Å²) in [6, 6.07) is 0. The van der Waals surface area contributed by atoms with Crippen molar-refractivity contribution in [3.63, 3.8) is 0 Å². The molecule has 3 fully saturated rings. The lowest BCUT2D eigenvalue weighted by Gasteiger charge is -2.54. The van der Waals surface area contributed by atoms with Gasteiger partial charge in [0, 0.05) is 57.6 Å². The number of piperazine rings is 1. The molecule has 1 aromatic heterocycles. The molecule has 4 rings (SSSR count). The first-order chi connectivity index (χ1) is 11.9. The SMILES string of the molecule is O=C(C1CC2(CNC2)C1)N1CCN(c2ncc(C(F)(F)F)cn2)CC1. The number of hydrogen-bond acceptors (Lipinski definition) is 5. The molecule has 1 saturated carbocycles. The minimum absolute atomic E-state index is 0.135. The molecule has 1 aliphatic carbocycles. The maximum Gasteiger partial charge on any atom is 0.419 e. The highest BCUT2D eigenvalue weighted by Gasteiger charge is 2.51. The van der Waals surface area contributed by atoms with E-state index in [-0.39, 0.29) is 17.8 Å². The summed E-state index contributed by atoms with van der Waals surface area (Å²) < 4.78 is 37.7. The fourth-order valence-electron chi connectivity index (χ4n) is 3.94. The summed E-state index contributed by atoms with van der Waals surface area (Å²) in [7, 11) is 0. The largest absolute Gasteiger partial charge is 0.419 e. The van der Waals surface area contributed by atoms with E-state index in [0.717, 1.165) is 38.3 Å². The standard InChI is InChI=1S/C16H20F3N5O/c17-16(18,19)12-7-21-14(22-8-12)24-3-1-23(2-4-24)13(25)11-5-15(6-11)9-20-10-15/h7-8,11,20H,1-6,9-10H2. The fourth-order valence-corrected chi connectivity index (χ4v) is 3.94. The van der Waals surface area contributed by atoms with Gasteiger partial charge in [-0.05, 0) is 18.3 Å². The van der Waals surface area contributed by atoms with Crippen LogP contribution in [0.1, 0.15) is 18.4 Å². The summed E-state index contributed by atoms with van der Waals surface area (Å²) in [5, 5.41) is 3.26. The van der Waals surface area contributed by atoms with Crippen LogP contribution < -0.4 is 10.2 Å². The molecular weight excluding hydrogens is 335 g/mol. The molecule has 2 saturated heterocycles. The predicted octanol–water partition coefficient (Wildman–Crippen LogP) is 1.14. The highest BCUT2D eigenvalue weighted by molar-refractivity contribution is 5.80. The van der Waals surface area contributed by atoms with Crippen molar-refractivity contribution in [3.05, 3.63) is 18.0 Å². The van der Waals surface area contributed by atoms with Gasteiger partial charge < -0.3 is 15.1 Å². The van der Waals surface area contributed by atoms with Crippen LogP contribution in [0.5, 0.6) is 0 Å². The highest BCUT2D eigenvalue weighted by atomic mass is 19.4. The average molecular weight is 355 g/mol.